The van der Waals surface area contributed by atoms with Crippen LogP contribution in [0, 0.1) is 13.8 Å². The van der Waals surface area contributed by atoms with Gasteiger partial charge in [-0.05, 0) is 44.5 Å². The standard InChI is InChI=1S/C22H21N3O2/c1-4-5-19-15(3)23-20(16-8-6-14(2)7-9-16)25-21(19)24-18-12-10-17(11-13-18)22(26)27/h4,6-13H,1,5H2,2-3H3,(H,26,27)(H,23,24,25). The van der Waals surface area contributed by atoms with Gasteiger partial charge in [-0.1, -0.05) is 35.9 Å². The van der Waals surface area contributed by atoms with Crippen molar-refractivity contribution in [1.29, 1.82) is 0 Å². The van der Waals surface area contributed by atoms with E-state index in [1.54, 1.807) is 24.3 Å². The Morgan fingerprint density at radius 1 is 1.07 bits per heavy atom. The molecule has 5 nitrogen and oxygen atoms in total. The molecule has 0 saturated heterocycles. The molecule has 0 bridgehead atoms. The number of hydrogen-bond donors (Lipinski definition) is 2. The van der Waals surface area contributed by atoms with E-state index >= 15 is 0 Å². The third kappa shape index (κ3) is 4.20. The highest BCUT2D eigenvalue weighted by Gasteiger charge is 2.13. The molecule has 0 saturated carbocycles. The summed E-state index contributed by atoms with van der Waals surface area (Å²) in [7, 11) is 0. The number of allylic oxidation sites excluding steroid dienone is 1. The van der Waals surface area contributed by atoms with Crippen molar-refractivity contribution in [3.05, 3.63) is 83.6 Å². The molecule has 0 aliphatic carbocycles. The van der Waals surface area contributed by atoms with Gasteiger partial charge in [-0.25, -0.2) is 14.8 Å². The van der Waals surface area contributed by atoms with E-state index in [1.165, 1.54) is 5.56 Å². The summed E-state index contributed by atoms with van der Waals surface area (Å²) in [6.07, 6.45) is 2.45. The molecule has 27 heavy (non-hydrogen) atoms. The van der Waals surface area contributed by atoms with Crippen molar-refractivity contribution in [1.82, 2.24) is 9.97 Å². The summed E-state index contributed by atoms with van der Waals surface area (Å²) in [4.78, 5) is 20.4. The monoisotopic (exact) mass is 359 g/mol. The Hall–Kier alpha value is -3.47. The summed E-state index contributed by atoms with van der Waals surface area (Å²) in [5, 5.41) is 12.3. The van der Waals surface area contributed by atoms with Crippen molar-refractivity contribution in [2.75, 3.05) is 5.32 Å². The van der Waals surface area contributed by atoms with Gasteiger partial charge in [-0.3, -0.25) is 0 Å². The second-order valence-electron chi connectivity index (χ2n) is 6.33. The molecular weight excluding hydrogens is 338 g/mol. The van der Waals surface area contributed by atoms with Crippen LogP contribution in [0.3, 0.4) is 0 Å². The van der Waals surface area contributed by atoms with E-state index < -0.39 is 5.97 Å². The van der Waals surface area contributed by atoms with Crippen molar-refractivity contribution >= 4 is 17.5 Å². The maximum atomic E-state index is 11.0. The molecule has 2 aromatic carbocycles. The number of benzene rings is 2. The van der Waals surface area contributed by atoms with Gasteiger partial charge in [0.05, 0.1) is 5.56 Å². The number of nitrogens with one attached hydrogen (secondary N) is 1. The van der Waals surface area contributed by atoms with Crippen LogP contribution >= 0.6 is 0 Å². The molecule has 0 atom stereocenters. The largest absolute Gasteiger partial charge is 0.478 e. The number of anilines is 2. The lowest BCUT2D eigenvalue weighted by Gasteiger charge is -2.14. The van der Waals surface area contributed by atoms with Crippen molar-refractivity contribution in [3.8, 4) is 11.4 Å². The van der Waals surface area contributed by atoms with Gasteiger partial charge in [-0.15, -0.1) is 6.58 Å². The van der Waals surface area contributed by atoms with Crippen molar-refractivity contribution in [2.45, 2.75) is 20.3 Å². The van der Waals surface area contributed by atoms with Crippen LogP contribution in [0.1, 0.15) is 27.2 Å². The number of hydrogen-bond acceptors (Lipinski definition) is 4. The molecule has 0 radical (unpaired) electrons. The first kappa shape index (κ1) is 18.3. The van der Waals surface area contributed by atoms with Crippen LogP contribution in [0.25, 0.3) is 11.4 Å². The molecule has 1 aromatic heterocycles. The minimum absolute atomic E-state index is 0.242. The predicted molar refractivity (Wildman–Crippen MR) is 108 cm³/mol. The van der Waals surface area contributed by atoms with Crippen molar-refractivity contribution in [2.24, 2.45) is 0 Å². The van der Waals surface area contributed by atoms with E-state index in [2.05, 4.69) is 16.9 Å². The van der Waals surface area contributed by atoms with Gasteiger partial charge in [0.15, 0.2) is 5.82 Å². The van der Waals surface area contributed by atoms with Gasteiger partial charge in [0.1, 0.15) is 5.82 Å². The first-order chi connectivity index (χ1) is 13.0. The quantitative estimate of drug-likeness (QED) is 0.610. The van der Waals surface area contributed by atoms with E-state index in [9.17, 15) is 4.79 Å². The van der Waals surface area contributed by atoms with E-state index in [4.69, 9.17) is 10.1 Å². The number of aromatic carboxylic acids is 1. The number of aryl methyl sites for hydroxylation is 2. The normalized spacial score (nSPS) is 10.4. The smallest absolute Gasteiger partial charge is 0.335 e. The molecule has 0 spiro atoms. The fourth-order valence-electron chi connectivity index (χ4n) is 2.75. The van der Waals surface area contributed by atoms with Crippen LogP contribution in [0.5, 0.6) is 0 Å². The Labute approximate surface area is 158 Å². The van der Waals surface area contributed by atoms with Gasteiger partial charge in [0, 0.05) is 22.5 Å². The van der Waals surface area contributed by atoms with Crippen LogP contribution in [0.2, 0.25) is 0 Å². The lowest BCUT2D eigenvalue weighted by molar-refractivity contribution is 0.0697. The Morgan fingerprint density at radius 3 is 2.33 bits per heavy atom. The molecule has 0 amide bonds. The first-order valence-corrected chi connectivity index (χ1v) is 8.63. The molecule has 0 aliphatic heterocycles. The van der Waals surface area contributed by atoms with Crippen LogP contribution in [-0.2, 0) is 6.42 Å². The van der Waals surface area contributed by atoms with Crippen molar-refractivity contribution in [3.63, 3.8) is 0 Å². The molecule has 5 heteroatoms. The summed E-state index contributed by atoms with van der Waals surface area (Å²) in [5.74, 6) is 0.388. The maximum Gasteiger partial charge on any atom is 0.335 e. The average Bonchev–Trinajstić information content (AvgIpc) is 2.65. The predicted octanol–water partition coefficient (Wildman–Crippen LogP) is 4.93. The Kier molecular flexibility index (Phi) is 5.31. The number of carbonyl (C=O) groups is 1. The zero-order valence-corrected chi connectivity index (χ0v) is 15.4. The molecule has 0 fully saturated rings. The number of carboxylic acid groups (broad SMARTS) is 1. The van der Waals surface area contributed by atoms with E-state index in [-0.39, 0.29) is 5.56 Å². The zero-order valence-electron chi connectivity index (χ0n) is 15.4. The van der Waals surface area contributed by atoms with Crippen molar-refractivity contribution < 1.29 is 9.90 Å². The Bertz CT molecular complexity index is 978. The third-order valence-electron chi connectivity index (χ3n) is 4.27. The first-order valence-electron chi connectivity index (χ1n) is 8.63. The Balaban J connectivity index is 2.01. The number of rotatable bonds is 6. The maximum absolute atomic E-state index is 11.0. The van der Waals surface area contributed by atoms with Gasteiger partial charge in [-0.2, -0.15) is 0 Å². The lowest BCUT2D eigenvalue weighted by Crippen LogP contribution is -2.06. The van der Waals surface area contributed by atoms with Gasteiger partial charge in [0.2, 0.25) is 0 Å². The second-order valence-corrected chi connectivity index (χ2v) is 6.33. The molecule has 136 valence electrons. The zero-order chi connectivity index (χ0) is 19.4. The van der Waals surface area contributed by atoms with E-state index in [1.807, 2.05) is 44.2 Å². The summed E-state index contributed by atoms with van der Waals surface area (Å²) < 4.78 is 0. The highest BCUT2D eigenvalue weighted by atomic mass is 16.4. The molecule has 0 unspecified atom stereocenters. The minimum Gasteiger partial charge on any atom is -0.478 e. The van der Waals surface area contributed by atoms with Crippen LogP contribution in [0.4, 0.5) is 11.5 Å². The second kappa shape index (κ2) is 7.83. The highest BCUT2D eigenvalue weighted by Crippen LogP contribution is 2.26. The molecule has 0 aliphatic rings. The van der Waals surface area contributed by atoms with Crippen LogP contribution < -0.4 is 5.32 Å². The van der Waals surface area contributed by atoms with E-state index in [0.29, 0.717) is 18.1 Å². The summed E-state index contributed by atoms with van der Waals surface area (Å²) in [6, 6.07) is 14.6. The summed E-state index contributed by atoms with van der Waals surface area (Å²) in [5.41, 5.74) is 4.96. The van der Waals surface area contributed by atoms with Gasteiger partial charge in [0.25, 0.3) is 0 Å². The molecule has 2 N–H and O–H groups in total. The molecular formula is C22H21N3O2. The molecule has 3 rings (SSSR count). The molecule has 1 heterocycles. The number of aromatic nitrogens is 2. The summed E-state index contributed by atoms with van der Waals surface area (Å²) >= 11 is 0. The van der Waals surface area contributed by atoms with Gasteiger partial charge < -0.3 is 10.4 Å². The van der Waals surface area contributed by atoms with Crippen LogP contribution in [0.15, 0.2) is 61.2 Å². The third-order valence-corrected chi connectivity index (χ3v) is 4.27. The fourth-order valence-corrected chi connectivity index (χ4v) is 2.75. The number of nitrogens with zero attached hydrogens (tertiary/aromatic N) is 2. The topological polar surface area (TPSA) is 75.1 Å². The number of carboxylic acids is 1. The summed E-state index contributed by atoms with van der Waals surface area (Å²) in [6.45, 7) is 7.81. The van der Waals surface area contributed by atoms with Crippen LogP contribution in [-0.4, -0.2) is 21.0 Å². The van der Waals surface area contributed by atoms with Gasteiger partial charge >= 0.3 is 5.97 Å². The SMILES string of the molecule is C=CCc1c(C)nc(-c2ccc(C)cc2)nc1Nc1ccc(C(=O)O)cc1. The Morgan fingerprint density at radius 2 is 1.74 bits per heavy atom. The molecule has 3 aromatic rings. The fraction of sp³-hybridized carbons (Fsp3) is 0.136. The minimum atomic E-state index is -0.951. The van der Waals surface area contributed by atoms with E-state index in [0.717, 1.165) is 22.5 Å². The highest BCUT2D eigenvalue weighted by molar-refractivity contribution is 5.88. The average molecular weight is 359 g/mol. The lowest BCUT2D eigenvalue weighted by atomic mass is 10.1.